The Hall–Kier alpha value is -3.46. The number of benzene rings is 1. The molecule has 0 radical (unpaired) electrons. The van der Waals surface area contributed by atoms with Gasteiger partial charge in [-0.05, 0) is 43.3 Å². The monoisotopic (exact) mass is 457 g/mol. The van der Waals surface area contributed by atoms with Crippen LogP contribution >= 0.6 is 11.6 Å². The first kappa shape index (κ1) is 21.8. The molecular formula is C22H21ClFN5O3. The van der Waals surface area contributed by atoms with Crippen molar-refractivity contribution in [1.29, 1.82) is 0 Å². The zero-order valence-corrected chi connectivity index (χ0v) is 18.1. The van der Waals surface area contributed by atoms with Gasteiger partial charge in [-0.1, -0.05) is 17.7 Å². The summed E-state index contributed by atoms with van der Waals surface area (Å²) in [6.07, 6.45) is 1.73. The summed E-state index contributed by atoms with van der Waals surface area (Å²) < 4.78 is 19.7. The average molecular weight is 458 g/mol. The van der Waals surface area contributed by atoms with Gasteiger partial charge in [0.05, 0.1) is 11.4 Å². The Labute approximate surface area is 189 Å². The molecule has 10 heteroatoms. The Morgan fingerprint density at radius 1 is 1.09 bits per heavy atom. The highest BCUT2D eigenvalue weighted by atomic mass is 35.5. The lowest BCUT2D eigenvalue weighted by Gasteiger charge is -2.35. The van der Waals surface area contributed by atoms with Crippen molar-refractivity contribution in [2.24, 2.45) is 0 Å². The summed E-state index contributed by atoms with van der Waals surface area (Å²) in [5, 5.41) is 4.28. The molecule has 3 aromatic rings. The van der Waals surface area contributed by atoms with Gasteiger partial charge in [0.25, 0.3) is 5.91 Å². The van der Waals surface area contributed by atoms with Crippen molar-refractivity contribution in [2.75, 3.05) is 37.7 Å². The van der Waals surface area contributed by atoms with Crippen molar-refractivity contribution in [2.45, 2.75) is 6.92 Å². The maximum Gasteiger partial charge on any atom is 0.343 e. The van der Waals surface area contributed by atoms with Crippen LogP contribution in [0.15, 0.2) is 48.7 Å². The van der Waals surface area contributed by atoms with Gasteiger partial charge in [0, 0.05) is 32.4 Å². The van der Waals surface area contributed by atoms with Gasteiger partial charge in [-0.2, -0.15) is 5.10 Å². The molecule has 166 valence electrons. The van der Waals surface area contributed by atoms with E-state index in [2.05, 4.69) is 15.0 Å². The van der Waals surface area contributed by atoms with Crippen LogP contribution in [0.5, 0.6) is 0 Å². The zero-order valence-electron chi connectivity index (χ0n) is 17.4. The molecule has 1 aliphatic rings. The van der Waals surface area contributed by atoms with Gasteiger partial charge in [-0.3, -0.25) is 4.79 Å². The summed E-state index contributed by atoms with van der Waals surface area (Å²) >= 11 is 6.34. The van der Waals surface area contributed by atoms with Gasteiger partial charge < -0.3 is 14.5 Å². The van der Waals surface area contributed by atoms with Crippen molar-refractivity contribution in [3.8, 4) is 5.69 Å². The third kappa shape index (κ3) is 4.57. The van der Waals surface area contributed by atoms with E-state index in [9.17, 15) is 14.0 Å². The Kier molecular flexibility index (Phi) is 6.36. The second kappa shape index (κ2) is 9.35. The Morgan fingerprint density at radius 2 is 1.81 bits per heavy atom. The van der Waals surface area contributed by atoms with E-state index >= 15 is 0 Å². The highest BCUT2D eigenvalue weighted by molar-refractivity contribution is 6.33. The van der Waals surface area contributed by atoms with Gasteiger partial charge in [0.1, 0.15) is 22.4 Å². The largest absolute Gasteiger partial charge is 0.452 e. The van der Waals surface area contributed by atoms with Crippen molar-refractivity contribution >= 4 is 29.3 Å². The molecule has 1 aliphatic heterocycles. The fourth-order valence-corrected chi connectivity index (χ4v) is 3.85. The van der Waals surface area contributed by atoms with Gasteiger partial charge in [0.15, 0.2) is 6.61 Å². The van der Waals surface area contributed by atoms with E-state index in [1.165, 1.54) is 28.9 Å². The van der Waals surface area contributed by atoms with Crippen molar-refractivity contribution in [3.05, 3.63) is 70.9 Å². The van der Waals surface area contributed by atoms with E-state index in [1.807, 2.05) is 18.2 Å². The maximum absolute atomic E-state index is 13.2. The quantitative estimate of drug-likeness (QED) is 0.548. The Bertz CT molecular complexity index is 1110. The van der Waals surface area contributed by atoms with Crippen LogP contribution in [0.4, 0.5) is 10.2 Å². The van der Waals surface area contributed by atoms with E-state index in [0.717, 1.165) is 5.82 Å². The molecule has 3 heterocycles. The first-order valence-corrected chi connectivity index (χ1v) is 10.4. The number of esters is 1. The minimum absolute atomic E-state index is 0.0375. The average Bonchev–Trinajstić information content (AvgIpc) is 3.12. The van der Waals surface area contributed by atoms with Gasteiger partial charge >= 0.3 is 5.97 Å². The third-order valence-corrected chi connectivity index (χ3v) is 5.56. The smallest absolute Gasteiger partial charge is 0.343 e. The maximum atomic E-state index is 13.2. The molecule has 8 nitrogen and oxygen atoms in total. The van der Waals surface area contributed by atoms with E-state index in [-0.39, 0.29) is 23.2 Å². The number of amides is 1. The third-order valence-electron chi connectivity index (χ3n) is 5.21. The number of rotatable bonds is 5. The first-order chi connectivity index (χ1) is 15.4. The predicted molar refractivity (Wildman–Crippen MR) is 117 cm³/mol. The number of aromatic nitrogens is 3. The molecule has 0 N–H and O–H groups in total. The number of pyridine rings is 1. The second-order valence-electron chi connectivity index (χ2n) is 7.27. The molecule has 0 bridgehead atoms. The number of piperazine rings is 1. The summed E-state index contributed by atoms with van der Waals surface area (Å²) in [7, 11) is 0. The summed E-state index contributed by atoms with van der Waals surface area (Å²) in [4.78, 5) is 33.2. The number of carbonyl (C=O) groups excluding carboxylic acids is 2. The molecule has 0 atom stereocenters. The zero-order chi connectivity index (χ0) is 22.7. The predicted octanol–water partition coefficient (Wildman–Crippen LogP) is 2.87. The first-order valence-electron chi connectivity index (χ1n) is 10.1. The molecule has 32 heavy (non-hydrogen) atoms. The molecular weight excluding hydrogens is 437 g/mol. The normalized spacial score (nSPS) is 13.8. The van der Waals surface area contributed by atoms with E-state index < -0.39 is 11.8 Å². The van der Waals surface area contributed by atoms with Crippen molar-refractivity contribution in [1.82, 2.24) is 19.7 Å². The number of aryl methyl sites for hydroxylation is 1. The minimum Gasteiger partial charge on any atom is -0.452 e. The summed E-state index contributed by atoms with van der Waals surface area (Å²) in [5.74, 6) is -0.540. The van der Waals surface area contributed by atoms with Crippen LogP contribution in [0.3, 0.4) is 0 Å². The van der Waals surface area contributed by atoms with Crippen molar-refractivity contribution in [3.63, 3.8) is 0 Å². The number of ether oxygens (including phenoxy) is 1. The lowest BCUT2D eigenvalue weighted by Crippen LogP contribution is -2.50. The molecule has 0 saturated carbocycles. The van der Waals surface area contributed by atoms with Crippen molar-refractivity contribution < 1.29 is 18.7 Å². The Morgan fingerprint density at radius 3 is 2.47 bits per heavy atom. The summed E-state index contributed by atoms with van der Waals surface area (Å²) in [5.41, 5.74) is 0.921. The molecule has 4 rings (SSSR count). The highest BCUT2D eigenvalue weighted by Crippen LogP contribution is 2.24. The fraction of sp³-hybridized carbons (Fsp3) is 0.273. The molecule has 0 spiro atoms. The van der Waals surface area contributed by atoms with Crippen LogP contribution in [-0.2, 0) is 9.53 Å². The standard InChI is InChI=1S/C22H21ClFN5O3/c1-15-20(21(23)29(26-15)17-7-5-16(24)6-8-17)22(31)32-14-19(30)28-12-10-27(11-13-28)18-4-2-3-9-25-18/h2-9H,10-14H2,1H3. The molecule has 1 amide bonds. The number of anilines is 1. The Balaban J connectivity index is 1.35. The van der Waals surface area contributed by atoms with Gasteiger partial charge in [0.2, 0.25) is 0 Å². The molecule has 1 fully saturated rings. The van der Waals surface area contributed by atoms with E-state index in [1.54, 1.807) is 18.0 Å². The number of hydrogen-bond acceptors (Lipinski definition) is 6. The SMILES string of the molecule is Cc1nn(-c2ccc(F)cc2)c(Cl)c1C(=O)OCC(=O)N1CCN(c2ccccn2)CC1. The van der Waals surface area contributed by atoms with Crippen LogP contribution < -0.4 is 4.90 Å². The van der Waals surface area contributed by atoms with Crippen LogP contribution in [0, 0.1) is 12.7 Å². The molecule has 0 unspecified atom stereocenters. The van der Waals surface area contributed by atoms with Crippen LogP contribution in [-0.4, -0.2) is 64.3 Å². The number of carbonyl (C=O) groups is 2. The highest BCUT2D eigenvalue weighted by Gasteiger charge is 2.26. The van der Waals surface area contributed by atoms with Crippen LogP contribution in [0.2, 0.25) is 5.15 Å². The number of hydrogen-bond donors (Lipinski definition) is 0. The van der Waals surface area contributed by atoms with Crippen LogP contribution in [0.25, 0.3) is 5.69 Å². The van der Waals surface area contributed by atoms with Crippen LogP contribution in [0.1, 0.15) is 16.1 Å². The topological polar surface area (TPSA) is 80.6 Å². The number of halogens is 2. The lowest BCUT2D eigenvalue weighted by molar-refractivity contribution is -0.134. The lowest BCUT2D eigenvalue weighted by atomic mass is 10.2. The molecule has 0 aliphatic carbocycles. The number of nitrogens with zero attached hydrogens (tertiary/aromatic N) is 5. The molecule has 1 aromatic carbocycles. The summed E-state index contributed by atoms with van der Waals surface area (Å²) in [6, 6.07) is 11.2. The molecule has 1 saturated heterocycles. The summed E-state index contributed by atoms with van der Waals surface area (Å²) in [6.45, 7) is 3.53. The van der Waals surface area contributed by atoms with E-state index in [4.69, 9.17) is 16.3 Å². The minimum atomic E-state index is -0.735. The fourth-order valence-electron chi connectivity index (χ4n) is 3.50. The van der Waals surface area contributed by atoms with Gasteiger partial charge in [-0.25, -0.2) is 18.9 Å². The molecule has 2 aromatic heterocycles. The second-order valence-corrected chi connectivity index (χ2v) is 7.63. The van der Waals surface area contributed by atoms with E-state index in [0.29, 0.717) is 37.6 Å². The van der Waals surface area contributed by atoms with Gasteiger partial charge in [-0.15, -0.1) is 0 Å².